The fourth-order valence-electron chi connectivity index (χ4n) is 7.84. The van der Waals surface area contributed by atoms with E-state index in [0.29, 0.717) is 0 Å². The molecule has 0 atom stereocenters. The van der Waals surface area contributed by atoms with Crippen LogP contribution in [0, 0.1) is 0 Å². The predicted octanol–water partition coefficient (Wildman–Crippen LogP) is 11.7. The van der Waals surface area contributed by atoms with E-state index in [1.165, 1.54) is 82.3 Å². The highest BCUT2D eigenvalue weighted by molar-refractivity contribution is 6.10. The van der Waals surface area contributed by atoms with Crippen molar-refractivity contribution in [1.82, 2.24) is 9.13 Å². The molecule has 9 aromatic rings. The lowest BCUT2D eigenvalue weighted by Gasteiger charge is -2.12. The van der Waals surface area contributed by atoms with Gasteiger partial charge in [-0.05, 0) is 107 Å². The molecule has 2 heterocycles. The molecule has 0 aliphatic carbocycles. The van der Waals surface area contributed by atoms with E-state index in [-0.39, 0.29) is 0 Å². The van der Waals surface area contributed by atoms with E-state index in [2.05, 4.69) is 205 Å². The molecule has 0 fully saturated rings. The Morgan fingerprint density at radius 1 is 0.412 bits per heavy atom. The van der Waals surface area contributed by atoms with Gasteiger partial charge < -0.3 is 9.13 Å². The molecular formula is C49H38N2. The van der Waals surface area contributed by atoms with Gasteiger partial charge in [0.2, 0.25) is 0 Å². The molecule has 0 amide bonds. The Balaban J connectivity index is 1.18. The largest absolute Gasteiger partial charge is 0.310 e. The van der Waals surface area contributed by atoms with Gasteiger partial charge in [-0.25, -0.2) is 0 Å². The molecule has 0 N–H and O–H groups in total. The maximum absolute atomic E-state index is 2.42. The van der Waals surface area contributed by atoms with Crippen LogP contribution in [0.4, 0.5) is 0 Å². The first-order valence-corrected chi connectivity index (χ1v) is 17.9. The van der Waals surface area contributed by atoms with Gasteiger partial charge in [0, 0.05) is 38.1 Å². The van der Waals surface area contributed by atoms with Crippen molar-refractivity contribution in [2.24, 2.45) is 0 Å². The van der Waals surface area contributed by atoms with Crippen LogP contribution in [0.15, 0.2) is 170 Å². The van der Waals surface area contributed by atoms with Crippen molar-refractivity contribution in [1.29, 1.82) is 0 Å². The van der Waals surface area contributed by atoms with Crippen LogP contribution in [-0.4, -0.2) is 9.13 Å². The van der Waals surface area contributed by atoms with Crippen LogP contribution in [0.3, 0.4) is 0 Å². The maximum Gasteiger partial charge on any atom is 0.0541 e. The summed E-state index contributed by atoms with van der Waals surface area (Å²) in [5.74, 6) is 0. The number of fused-ring (bicyclic) bond motifs is 4. The standard InChI is InChI=1S/C49H38N2/c1-3-15-42-44-32-38(26-28-48(44)50(46(42)4-2)40-21-9-6-10-22-40)39-27-29-49-45(33-39)43-24-11-12-25-47(43)51(49)41-23-14-20-37(31-41)36-19-13-18-35(30-36)34-16-7-5-8-17-34/h4-33H,3H2,1-2H3/b42-15-,46-4+. The Morgan fingerprint density at radius 2 is 0.941 bits per heavy atom. The summed E-state index contributed by atoms with van der Waals surface area (Å²) in [4.78, 5) is 0. The zero-order chi connectivity index (χ0) is 34.3. The predicted molar refractivity (Wildman–Crippen MR) is 218 cm³/mol. The lowest BCUT2D eigenvalue weighted by molar-refractivity contribution is 1.06. The summed E-state index contributed by atoms with van der Waals surface area (Å²) in [5, 5.41) is 6.33. The van der Waals surface area contributed by atoms with E-state index in [0.717, 1.165) is 12.1 Å². The monoisotopic (exact) mass is 654 g/mol. The van der Waals surface area contributed by atoms with Crippen LogP contribution in [0.1, 0.15) is 20.3 Å². The number of hydrogen-bond donors (Lipinski definition) is 0. The minimum Gasteiger partial charge on any atom is -0.310 e. The number of rotatable bonds is 6. The molecule has 244 valence electrons. The highest BCUT2D eigenvalue weighted by Gasteiger charge is 2.15. The van der Waals surface area contributed by atoms with Gasteiger partial charge in [-0.15, -0.1) is 0 Å². The van der Waals surface area contributed by atoms with Gasteiger partial charge in [0.1, 0.15) is 0 Å². The second-order valence-corrected chi connectivity index (χ2v) is 13.2. The molecule has 51 heavy (non-hydrogen) atoms. The van der Waals surface area contributed by atoms with Gasteiger partial charge in [-0.1, -0.05) is 128 Å². The highest BCUT2D eigenvalue weighted by atomic mass is 15.0. The van der Waals surface area contributed by atoms with Crippen molar-refractivity contribution in [2.75, 3.05) is 0 Å². The van der Waals surface area contributed by atoms with Crippen molar-refractivity contribution >= 4 is 44.9 Å². The summed E-state index contributed by atoms with van der Waals surface area (Å²) in [5.41, 5.74) is 13.3. The molecule has 0 saturated heterocycles. The Hall–Kier alpha value is -6.38. The molecule has 0 aliphatic heterocycles. The molecule has 2 aromatic heterocycles. The van der Waals surface area contributed by atoms with Crippen molar-refractivity contribution < 1.29 is 0 Å². The first-order chi connectivity index (χ1) is 25.2. The average Bonchev–Trinajstić information content (AvgIpc) is 3.70. The first-order valence-electron chi connectivity index (χ1n) is 17.9. The minimum absolute atomic E-state index is 0.976. The van der Waals surface area contributed by atoms with E-state index in [1.54, 1.807) is 0 Å². The van der Waals surface area contributed by atoms with Crippen LogP contribution in [0.5, 0.6) is 0 Å². The molecule has 2 heteroatoms. The number of hydrogen-bond acceptors (Lipinski definition) is 0. The van der Waals surface area contributed by atoms with Gasteiger partial charge in [-0.3, -0.25) is 0 Å². The van der Waals surface area contributed by atoms with Gasteiger partial charge in [0.25, 0.3) is 0 Å². The van der Waals surface area contributed by atoms with Crippen molar-refractivity contribution in [3.63, 3.8) is 0 Å². The van der Waals surface area contributed by atoms with E-state index in [1.807, 2.05) is 0 Å². The maximum atomic E-state index is 2.42. The van der Waals surface area contributed by atoms with Crippen molar-refractivity contribution in [3.8, 4) is 44.8 Å². The highest BCUT2D eigenvalue weighted by Crippen LogP contribution is 2.37. The quantitative estimate of drug-likeness (QED) is 0.169. The SMILES string of the molecule is C/C=c1\c(=C/CC)c2cc(-c3ccc4c(c3)c3ccccc3n4-c3cccc(-c4cccc(-c5ccccc5)c4)c3)ccc2n1-c1ccccc1. The molecule has 0 unspecified atom stereocenters. The molecule has 0 saturated carbocycles. The Morgan fingerprint density at radius 3 is 1.67 bits per heavy atom. The molecule has 0 radical (unpaired) electrons. The molecular weight excluding hydrogens is 617 g/mol. The lowest BCUT2D eigenvalue weighted by atomic mass is 9.99. The van der Waals surface area contributed by atoms with Crippen LogP contribution in [-0.2, 0) is 0 Å². The van der Waals surface area contributed by atoms with E-state index in [4.69, 9.17) is 0 Å². The van der Waals surface area contributed by atoms with Gasteiger partial charge in [0.05, 0.1) is 16.6 Å². The molecule has 9 rings (SSSR count). The van der Waals surface area contributed by atoms with Gasteiger partial charge in [0.15, 0.2) is 0 Å². The van der Waals surface area contributed by atoms with E-state index in [9.17, 15) is 0 Å². The van der Waals surface area contributed by atoms with Gasteiger partial charge >= 0.3 is 0 Å². The summed E-state index contributed by atoms with van der Waals surface area (Å²) in [6, 6.07) is 61.8. The minimum atomic E-state index is 0.976. The summed E-state index contributed by atoms with van der Waals surface area (Å²) in [6.45, 7) is 4.36. The Bertz CT molecular complexity index is 2840. The van der Waals surface area contributed by atoms with E-state index < -0.39 is 0 Å². The Kier molecular flexibility index (Phi) is 7.71. The average molecular weight is 655 g/mol. The first kappa shape index (κ1) is 30.7. The summed E-state index contributed by atoms with van der Waals surface area (Å²) in [7, 11) is 0. The van der Waals surface area contributed by atoms with Crippen LogP contribution in [0.25, 0.3) is 89.6 Å². The topological polar surface area (TPSA) is 9.86 Å². The summed E-state index contributed by atoms with van der Waals surface area (Å²) >= 11 is 0. The fraction of sp³-hybridized carbons (Fsp3) is 0.0612. The number of para-hydroxylation sites is 2. The second-order valence-electron chi connectivity index (χ2n) is 13.2. The van der Waals surface area contributed by atoms with Crippen LogP contribution < -0.4 is 10.6 Å². The molecule has 2 nitrogen and oxygen atoms in total. The number of benzene rings is 7. The normalized spacial score (nSPS) is 12.4. The Labute approximate surface area is 298 Å². The van der Waals surface area contributed by atoms with Crippen molar-refractivity contribution in [3.05, 3.63) is 180 Å². The summed E-state index contributed by atoms with van der Waals surface area (Å²) in [6.07, 6.45) is 5.58. The van der Waals surface area contributed by atoms with Crippen LogP contribution in [0.2, 0.25) is 0 Å². The number of aromatic nitrogens is 2. The van der Waals surface area contributed by atoms with Crippen molar-refractivity contribution in [2.45, 2.75) is 20.3 Å². The zero-order valence-corrected chi connectivity index (χ0v) is 28.9. The molecule has 7 aromatic carbocycles. The number of nitrogens with zero attached hydrogens (tertiary/aromatic N) is 2. The molecule has 0 bridgehead atoms. The second kappa shape index (κ2) is 12.8. The smallest absolute Gasteiger partial charge is 0.0541 e. The lowest BCUT2D eigenvalue weighted by Crippen LogP contribution is -2.28. The third kappa shape index (κ3) is 5.28. The van der Waals surface area contributed by atoms with Crippen LogP contribution >= 0.6 is 0 Å². The third-order valence-electron chi connectivity index (χ3n) is 10.2. The van der Waals surface area contributed by atoms with Gasteiger partial charge in [-0.2, -0.15) is 0 Å². The summed E-state index contributed by atoms with van der Waals surface area (Å²) < 4.78 is 4.81. The fourth-order valence-corrected chi connectivity index (χ4v) is 7.84. The molecule has 0 aliphatic rings. The molecule has 0 spiro atoms. The van der Waals surface area contributed by atoms with E-state index >= 15 is 0 Å². The third-order valence-corrected chi connectivity index (χ3v) is 10.2. The zero-order valence-electron chi connectivity index (χ0n) is 28.9.